The summed E-state index contributed by atoms with van der Waals surface area (Å²) in [6.45, 7) is 2.28. The summed E-state index contributed by atoms with van der Waals surface area (Å²) < 4.78 is 1.80. The monoisotopic (exact) mass is 411 g/mol. The number of aryl methyl sites for hydroxylation is 1. The Morgan fingerprint density at radius 1 is 1.29 bits per heavy atom. The van der Waals surface area contributed by atoms with Crippen LogP contribution in [-0.4, -0.2) is 33.0 Å². The molecule has 142 valence electrons. The standard InChI is InChI=1S/C20H18ClN5OS/c1-15-8-9-17(12-18(15)21)26-14-23-24-20(26)28-13-19(27)25(11-5-10-22)16-6-3-2-4-7-16/h2-4,6-9,12,14H,5,11,13H2,1H3. The van der Waals surface area contributed by atoms with E-state index in [1.54, 1.807) is 15.8 Å². The summed E-state index contributed by atoms with van der Waals surface area (Å²) in [5.74, 6) is 0.0847. The number of aromatic nitrogens is 3. The zero-order valence-corrected chi connectivity index (χ0v) is 16.8. The van der Waals surface area contributed by atoms with Gasteiger partial charge < -0.3 is 4.90 Å². The summed E-state index contributed by atoms with van der Waals surface area (Å²) in [5, 5.41) is 18.2. The summed E-state index contributed by atoms with van der Waals surface area (Å²) in [6, 6.07) is 17.1. The van der Waals surface area contributed by atoms with Crippen LogP contribution in [0.5, 0.6) is 0 Å². The second-order valence-corrected chi connectivity index (χ2v) is 7.34. The lowest BCUT2D eigenvalue weighted by molar-refractivity contribution is -0.116. The fraction of sp³-hybridized carbons (Fsp3) is 0.200. The zero-order valence-electron chi connectivity index (χ0n) is 15.2. The predicted octanol–water partition coefficient (Wildman–Crippen LogP) is 4.27. The largest absolute Gasteiger partial charge is 0.311 e. The molecule has 0 unspecified atom stereocenters. The number of nitrogens with zero attached hydrogens (tertiary/aromatic N) is 5. The second kappa shape index (κ2) is 9.40. The summed E-state index contributed by atoms with van der Waals surface area (Å²) in [4.78, 5) is 14.4. The number of benzene rings is 2. The Bertz CT molecular complexity index is 999. The summed E-state index contributed by atoms with van der Waals surface area (Å²) in [7, 11) is 0. The van der Waals surface area contributed by atoms with Gasteiger partial charge in [0.05, 0.1) is 23.9 Å². The van der Waals surface area contributed by atoms with Gasteiger partial charge >= 0.3 is 0 Å². The lowest BCUT2D eigenvalue weighted by atomic mass is 10.2. The van der Waals surface area contributed by atoms with Crippen LogP contribution in [0.1, 0.15) is 12.0 Å². The van der Waals surface area contributed by atoms with Gasteiger partial charge in [0.25, 0.3) is 0 Å². The third-order valence-electron chi connectivity index (χ3n) is 4.09. The molecule has 0 N–H and O–H groups in total. The highest BCUT2D eigenvalue weighted by Crippen LogP contribution is 2.24. The molecule has 3 rings (SSSR count). The summed E-state index contributed by atoms with van der Waals surface area (Å²) >= 11 is 7.52. The van der Waals surface area contributed by atoms with Crippen LogP contribution >= 0.6 is 23.4 Å². The van der Waals surface area contributed by atoms with Crippen LogP contribution in [0.2, 0.25) is 5.02 Å². The van der Waals surface area contributed by atoms with Gasteiger partial charge in [-0.3, -0.25) is 9.36 Å². The molecule has 8 heteroatoms. The first kappa shape index (κ1) is 19.9. The first-order chi connectivity index (χ1) is 13.6. The molecule has 6 nitrogen and oxygen atoms in total. The normalized spacial score (nSPS) is 10.5. The van der Waals surface area contributed by atoms with Gasteiger partial charge in [-0.05, 0) is 36.8 Å². The van der Waals surface area contributed by atoms with Crippen molar-refractivity contribution in [3.8, 4) is 11.8 Å². The number of carbonyl (C=O) groups excluding carboxylic acids is 1. The lowest BCUT2D eigenvalue weighted by Gasteiger charge is -2.21. The van der Waals surface area contributed by atoms with E-state index >= 15 is 0 Å². The van der Waals surface area contributed by atoms with Gasteiger partial charge in [-0.1, -0.05) is 47.6 Å². The van der Waals surface area contributed by atoms with Crippen molar-refractivity contribution >= 4 is 35.0 Å². The first-order valence-corrected chi connectivity index (χ1v) is 9.98. The maximum atomic E-state index is 12.8. The maximum absolute atomic E-state index is 12.8. The topological polar surface area (TPSA) is 74.8 Å². The second-order valence-electron chi connectivity index (χ2n) is 5.99. The molecular weight excluding hydrogens is 394 g/mol. The average molecular weight is 412 g/mol. The van der Waals surface area contributed by atoms with E-state index in [1.807, 2.05) is 55.5 Å². The third kappa shape index (κ3) is 4.71. The minimum Gasteiger partial charge on any atom is -0.311 e. The highest BCUT2D eigenvalue weighted by Gasteiger charge is 2.17. The van der Waals surface area contributed by atoms with Crippen molar-refractivity contribution in [2.24, 2.45) is 0 Å². The Morgan fingerprint density at radius 3 is 2.79 bits per heavy atom. The molecule has 0 spiro atoms. The minimum atomic E-state index is -0.0945. The van der Waals surface area contributed by atoms with E-state index in [4.69, 9.17) is 16.9 Å². The molecule has 3 aromatic rings. The number of anilines is 1. The van der Waals surface area contributed by atoms with Crippen molar-refractivity contribution in [1.82, 2.24) is 14.8 Å². The molecule has 0 saturated carbocycles. The molecule has 0 atom stereocenters. The number of para-hydroxylation sites is 1. The van der Waals surface area contributed by atoms with Crippen LogP contribution in [-0.2, 0) is 4.79 Å². The number of nitriles is 1. The molecule has 0 bridgehead atoms. The Labute approximate surface area is 172 Å². The molecule has 0 aliphatic rings. The molecular formula is C20H18ClN5OS. The van der Waals surface area contributed by atoms with E-state index in [1.165, 1.54) is 11.8 Å². The Hall–Kier alpha value is -2.82. The average Bonchev–Trinajstić information content (AvgIpc) is 3.18. The van der Waals surface area contributed by atoms with Crippen molar-refractivity contribution in [3.05, 3.63) is 65.4 Å². The van der Waals surface area contributed by atoms with Crippen molar-refractivity contribution in [2.45, 2.75) is 18.5 Å². The molecule has 2 aromatic carbocycles. The van der Waals surface area contributed by atoms with E-state index < -0.39 is 0 Å². The van der Waals surface area contributed by atoms with Gasteiger partial charge in [0.15, 0.2) is 5.16 Å². The van der Waals surface area contributed by atoms with E-state index in [-0.39, 0.29) is 18.1 Å². The highest BCUT2D eigenvalue weighted by molar-refractivity contribution is 7.99. The number of hydrogen-bond acceptors (Lipinski definition) is 5. The van der Waals surface area contributed by atoms with Gasteiger partial charge in [0.2, 0.25) is 5.91 Å². The van der Waals surface area contributed by atoms with Crippen molar-refractivity contribution in [2.75, 3.05) is 17.2 Å². The van der Waals surface area contributed by atoms with Crippen molar-refractivity contribution < 1.29 is 4.79 Å². The molecule has 28 heavy (non-hydrogen) atoms. The van der Waals surface area contributed by atoms with Crippen LogP contribution in [0.3, 0.4) is 0 Å². The van der Waals surface area contributed by atoms with E-state index in [9.17, 15) is 4.79 Å². The maximum Gasteiger partial charge on any atom is 0.237 e. The van der Waals surface area contributed by atoms with Crippen molar-refractivity contribution in [1.29, 1.82) is 5.26 Å². The molecule has 0 aliphatic heterocycles. The number of thioether (sulfide) groups is 1. The van der Waals surface area contributed by atoms with Crippen molar-refractivity contribution in [3.63, 3.8) is 0 Å². The fourth-order valence-electron chi connectivity index (χ4n) is 2.60. The number of carbonyl (C=O) groups is 1. The molecule has 1 heterocycles. The molecule has 0 saturated heterocycles. The molecule has 1 amide bonds. The predicted molar refractivity (Wildman–Crippen MR) is 111 cm³/mol. The number of amides is 1. The quantitative estimate of drug-likeness (QED) is 0.543. The van der Waals surface area contributed by atoms with E-state index in [0.29, 0.717) is 16.7 Å². The smallest absolute Gasteiger partial charge is 0.237 e. The van der Waals surface area contributed by atoms with Gasteiger partial charge in [-0.25, -0.2) is 0 Å². The first-order valence-electron chi connectivity index (χ1n) is 8.62. The summed E-state index contributed by atoms with van der Waals surface area (Å²) in [5.41, 5.74) is 2.59. The molecule has 0 fully saturated rings. The van der Waals surface area contributed by atoms with Gasteiger partial charge in [-0.15, -0.1) is 10.2 Å². The number of hydrogen-bond donors (Lipinski definition) is 0. The third-order valence-corrected chi connectivity index (χ3v) is 5.43. The molecule has 1 aromatic heterocycles. The Morgan fingerprint density at radius 2 is 2.07 bits per heavy atom. The lowest BCUT2D eigenvalue weighted by Crippen LogP contribution is -2.33. The minimum absolute atomic E-state index is 0.0945. The van der Waals surface area contributed by atoms with Gasteiger partial charge in [-0.2, -0.15) is 5.26 Å². The highest BCUT2D eigenvalue weighted by atomic mass is 35.5. The number of halogens is 1. The van der Waals surface area contributed by atoms with Crippen LogP contribution in [0.15, 0.2) is 60.0 Å². The SMILES string of the molecule is Cc1ccc(-n2cnnc2SCC(=O)N(CCC#N)c2ccccc2)cc1Cl. The fourth-order valence-corrected chi connectivity index (χ4v) is 3.58. The van der Waals surface area contributed by atoms with Crippen LogP contribution < -0.4 is 4.90 Å². The Balaban J connectivity index is 1.74. The number of rotatable bonds is 7. The van der Waals surface area contributed by atoms with Crippen LogP contribution in [0.4, 0.5) is 5.69 Å². The van der Waals surface area contributed by atoms with Crippen LogP contribution in [0.25, 0.3) is 5.69 Å². The molecule has 0 radical (unpaired) electrons. The zero-order chi connectivity index (χ0) is 19.9. The van der Waals surface area contributed by atoms with Crippen LogP contribution in [0, 0.1) is 18.3 Å². The van der Waals surface area contributed by atoms with Gasteiger partial charge in [0, 0.05) is 17.3 Å². The van der Waals surface area contributed by atoms with E-state index in [2.05, 4.69) is 16.3 Å². The Kier molecular flexibility index (Phi) is 6.69. The van der Waals surface area contributed by atoms with E-state index in [0.717, 1.165) is 16.9 Å². The molecule has 0 aliphatic carbocycles. The van der Waals surface area contributed by atoms with Gasteiger partial charge in [0.1, 0.15) is 6.33 Å². The summed E-state index contributed by atoms with van der Waals surface area (Å²) in [6.07, 6.45) is 1.86.